The normalized spacial score (nSPS) is 10.9. The Morgan fingerprint density at radius 1 is 0.960 bits per heavy atom. The van der Waals surface area contributed by atoms with Gasteiger partial charge in [0.25, 0.3) is 11.5 Å². The highest BCUT2D eigenvalue weighted by Crippen LogP contribution is 2.22. The molecule has 0 radical (unpaired) electrons. The van der Waals surface area contributed by atoms with Crippen LogP contribution < -0.4 is 16.6 Å². The molecule has 1 amide bonds. The largest absolute Gasteiger partial charge is 0.323 e. The first-order valence-corrected chi connectivity index (χ1v) is 8.29. The number of carbonyl (C=O) groups is 1. The number of pyridine rings is 1. The van der Waals surface area contributed by atoms with Crippen LogP contribution in [0.3, 0.4) is 0 Å². The Bertz CT molecular complexity index is 1180. The SMILES string of the molecule is O=C(Nc1cccc2[nH]c(=O)[nH]c12)c1ccc(-c2cccs2)[nH]c1=O. The minimum absolute atomic E-state index is 0.00445. The van der Waals surface area contributed by atoms with Gasteiger partial charge in [-0.3, -0.25) is 9.59 Å². The zero-order valence-electron chi connectivity index (χ0n) is 12.8. The fourth-order valence-corrected chi connectivity index (χ4v) is 3.29. The summed E-state index contributed by atoms with van der Waals surface area (Å²) in [5.74, 6) is -0.548. The van der Waals surface area contributed by atoms with Crippen LogP contribution in [0.25, 0.3) is 21.6 Å². The first-order chi connectivity index (χ1) is 12.1. The van der Waals surface area contributed by atoms with Gasteiger partial charge >= 0.3 is 5.69 Å². The van der Waals surface area contributed by atoms with Crippen LogP contribution in [0.4, 0.5) is 5.69 Å². The second-order valence-electron chi connectivity index (χ2n) is 5.35. The molecule has 124 valence electrons. The lowest BCUT2D eigenvalue weighted by Gasteiger charge is -2.06. The van der Waals surface area contributed by atoms with Crippen molar-refractivity contribution in [1.29, 1.82) is 0 Å². The smallest absolute Gasteiger partial charge is 0.321 e. The number of hydrogen-bond acceptors (Lipinski definition) is 4. The number of rotatable bonds is 3. The van der Waals surface area contributed by atoms with Gasteiger partial charge in [0.2, 0.25) is 0 Å². The lowest BCUT2D eigenvalue weighted by atomic mass is 10.2. The van der Waals surface area contributed by atoms with Crippen LogP contribution in [0, 0.1) is 0 Å². The van der Waals surface area contributed by atoms with Crippen molar-refractivity contribution in [1.82, 2.24) is 15.0 Å². The third-order valence-electron chi connectivity index (χ3n) is 3.74. The van der Waals surface area contributed by atoms with E-state index in [4.69, 9.17) is 0 Å². The maximum Gasteiger partial charge on any atom is 0.323 e. The Kier molecular flexibility index (Phi) is 3.58. The summed E-state index contributed by atoms with van der Waals surface area (Å²) in [6, 6.07) is 12.0. The molecule has 0 fully saturated rings. The van der Waals surface area contributed by atoms with Crippen LogP contribution in [0.1, 0.15) is 10.4 Å². The van der Waals surface area contributed by atoms with E-state index in [2.05, 4.69) is 20.3 Å². The van der Waals surface area contributed by atoms with Crippen molar-refractivity contribution in [2.45, 2.75) is 0 Å². The molecular formula is C17H12N4O3S. The number of hydrogen-bond donors (Lipinski definition) is 4. The van der Waals surface area contributed by atoms with E-state index in [0.717, 1.165) is 4.88 Å². The topological polar surface area (TPSA) is 111 Å². The van der Waals surface area contributed by atoms with E-state index in [0.29, 0.717) is 22.4 Å². The molecular weight excluding hydrogens is 340 g/mol. The molecule has 8 heteroatoms. The molecule has 0 atom stereocenters. The van der Waals surface area contributed by atoms with Crippen molar-refractivity contribution in [3.8, 4) is 10.6 Å². The van der Waals surface area contributed by atoms with Crippen LogP contribution in [0.5, 0.6) is 0 Å². The van der Waals surface area contributed by atoms with Crippen LogP contribution in [0.2, 0.25) is 0 Å². The number of thiophene rings is 1. The van der Waals surface area contributed by atoms with Gasteiger partial charge in [-0.05, 0) is 35.7 Å². The molecule has 4 aromatic rings. The number of benzene rings is 1. The number of amides is 1. The van der Waals surface area contributed by atoms with Gasteiger partial charge in [-0.2, -0.15) is 0 Å². The van der Waals surface area contributed by atoms with Crippen molar-refractivity contribution in [3.05, 3.63) is 74.2 Å². The van der Waals surface area contributed by atoms with Crippen molar-refractivity contribution in [2.75, 3.05) is 5.32 Å². The Labute approximate surface area is 144 Å². The number of aromatic amines is 3. The van der Waals surface area contributed by atoms with Gasteiger partial charge in [-0.1, -0.05) is 12.1 Å². The Morgan fingerprint density at radius 3 is 2.60 bits per heavy atom. The molecule has 0 aliphatic rings. The van der Waals surface area contributed by atoms with Gasteiger partial charge in [-0.15, -0.1) is 11.3 Å². The fourth-order valence-electron chi connectivity index (χ4n) is 2.58. The van der Waals surface area contributed by atoms with E-state index < -0.39 is 11.5 Å². The van der Waals surface area contributed by atoms with Crippen LogP contribution in [-0.2, 0) is 0 Å². The summed E-state index contributed by atoms with van der Waals surface area (Å²) < 4.78 is 0. The van der Waals surface area contributed by atoms with Crippen molar-refractivity contribution in [2.24, 2.45) is 0 Å². The lowest BCUT2D eigenvalue weighted by Crippen LogP contribution is -2.23. The average molecular weight is 352 g/mol. The Balaban J connectivity index is 1.67. The third kappa shape index (κ3) is 2.79. The standard InChI is InChI=1S/C17H12N4O3S/c22-15-9(6-7-10(18-15)13-5-2-8-25-13)16(23)19-11-3-1-4-12-14(11)21-17(24)20-12/h1-8H,(H,18,22)(H,19,23)(H2,20,21,24). The molecule has 0 unspecified atom stereocenters. The molecule has 4 rings (SSSR count). The van der Waals surface area contributed by atoms with E-state index in [1.165, 1.54) is 17.4 Å². The molecule has 1 aromatic carbocycles. The van der Waals surface area contributed by atoms with E-state index in [-0.39, 0.29) is 11.3 Å². The van der Waals surface area contributed by atoms with Crippen molar-refractivity contribution < 1.29 is 4.79 Å². The molecule has 4 N–H and O–H groups in total. The minimum Gasteiger partial charge on any atom is -0.321 e. The second kappa shape index (κ2) is 5.91. The predicted molar refractivity (Wildman–Crippen MR) is 97.2 cm³/mol. The highest BCUT2D eigenvalue weighted by atomic mass is 32.1. The van der Waals surface area contributed by atoms with Gasteiger partial charge < -0.3 is 20.3 Å². The summed E-state index contributed by atoms with van der Waals surface area (Å²) in [5, 5.41) is 4.57. The van der Waals surface area contributed by atoms with Gasteiger partial charge in [0, 0.05) is 0 Å². The Morgan fingerprint density at radius 2 is 1.84 bits per heavy atom. The maximum absolute atomic E-state index is 12.5. The molecule has 0 saturated heterocycles. The molecule has 3 aromatic heterocycles. The van der Waals surface area contributed by atoms with Crippen molar-refractivity contribution >= 4 is 34.0 Å². The maximum atomic E-state index is 12.5. The molecule has 0 aliphatic carbocycles. The number of imidazole rings is 1. The lowest BCUT2D eigenvalue weighted by molar-refractivity contribution is 0.102. The highest BCUT2D eigenvalue weighted by molar-refractivity contribution is 7.13. The summed E-state index contributed by atoms with van der Waals surface area (Å²) >= 11 is 1.50. The third-order valence-corrected chi connectivity index (χ3v) is 4.64. The zero-order valence-corrected chi connectivity index (χ0v) is 13.6. The van der Waals surface area contributed by atoms with Gasteiger partial charge in [0.1, 0.15) is 5.56 Å². The summed E-state index contributed by atoms with van der Waals surface area (Å²) in [5.41, 5.74) is 1.29. The van der Waals surface area contributed by atoms with Crippen LogP contribution in [0.15, 0.2) is 57.4 Å². The van der Waals surface area contributed by atoms with Crippen LogP contribution >= 0.6 is 11.3 Å². The number of carbonyl (C=O) groups excluding carboxylic acids is 1. The fraction of sp³-hybridized carbons (Fsp3) is 0. The number of para-hydroxylation sites is 1. The number of anilines is 1. The predicted octanol–water partition coefficient (Wildman–Crippen LogP) is 2.53. The quantitative estimate of drug-likeness (QED) is 0.455. The average Bonchev–Trinajstić information content (AvgIpc) is 3.23. The first kappa shape index (κ1) is 15.2. The zero-order chi connectivity index (χ0) is 17.4. The van der Waals surface area contributed by atoms with Crippen molar-refractivity contribution in [3.63, 3.8) is 0 Å². The number of nitrogens with one attached hydrogen (secondary N) is 4. The second-order valence-corrected chi connectivity index (χ2v) is 6.30. The molecule has 0 aliphatic heterocycles. The number of aromatic nitrogens is 3. The van der Waals surface area contributed by atoms with E-state index in [9.17, 15) is 14.4 Å². The molecule has 25 heavy (non-hydrogen) atoms. The summed E-state index contributed by atoms with van der Waals surface area (Å²) in [4.78, 5) is 45.0. The molecule has 0 bridgehead atoms. The number of fused-ring (bicyclic) bond motifs is 1. The van der Waals surface area contributed by atoms with E-state index >= 15 is 0 Å². The van der Waals surface area contributed by atoms with Crippen LogP contribution in [-0.4, -0.2) is 20.9 Å². The van der Waals surface area contributed by atoms with Gasteiger partial charge in [0.15, 0.2) is 0 Å². The molecule has 0 spiro atoms. The molecule has 7 nitrogen and oxygen atoms in total. The Hall–Kier alpha value is -3.39. The first-order valence-electron chi connectivity index (χ1n) is 7.41. The highest BCUT2D eigenvalue weighted by Gasteiger charge is 2.14. The van der Waals surface area contributed by atoms with E-state index in [1.54, 1.807) is 24.3 Å². The molecule has 0 saturated carbocycles. The minimum atomic E-state index is -0.548. The van der Waals surface area contributed by atoms with Gasteiger partial charge in [0.05, 0.1) is 27.3 Å². The van der Waals surface area contributed by atoms with E-state index in [1.807, 2.05) is 17.5 Å². The monoisotopic (exact) mass is 352 g/mol. The summed E-state index contributed by atoms with van der Waals surface area (Å²) in [6.45, 7) is 0. The summed E-state index contributed by atoms with van der Waals surface area (Å²) in [6.07, 6.45) is 0. The van der Waals surface area contributed by atoms with Gasteiger partial charge in [-0.25, -0.2) is 4.79 Å². The molecule has 3 heterocycles. The number of H-pyrrole nitrogens is 3. The summed E-state index contributed by atoms with van der Waals surface area (Å²) in [7, 11) is 0.